The van der Waals surface area contributed by atoms with Gasteiger partial charge in [-0.1, -0.05) is 5.16 Å². The number of anilines is 1. The third-order valence-electron chi connectivity index (χ3n) is 2.40. The first kappa shape index (κ1) is 10.5. The number of nitrogens with zero attached hydrogens (tertiary/aromatic N) is 1. The van der Waals surface area contributed by atoms with Crippen molar-refractivity contribution < 1.29 is 9.26 Å². The summed E-state index contributed by atoms with van der Waals surface area (Å²) in [6.07, 6.45) is 0. The minimum atomic E-state index is 0.365. The molecule has 0 fully saturated rings. The van der Waals surface area contributed by atoms with Gasteiger partial charge in [0.1, 0.15) is 11.4 Å². The second-order valence-corrected chi connectivity index (χ2v) is 3.48. The lowest BCUT2D eigenvalue weighted by Crippen LogP contribution is -1.91. The van der Waals surface area contributed by atoms with Gasteiger partial charge in [0, 0.05) is 11.1 Å². The van der Waals surface area contributed by atoms with Crippen molar-refractivity contribution in [1.82, 2.24) is 5.16 Å². The summed E-state index contributed by atoms with van der Waals surface area (Å²) in [6.45, 7) is 4.50. The first-order valence-corrected chi connectivity index (χ1v) is 5.17. The predicted octanol–water partition coefficient (Wildman–Crippen LogP) is 2.63. The Morgan fingerprint density at radius 1 is 1.31 bits per heavy atom. The second kappa shape index (κ2) is 4.26. The zero-order chi connectivity index (χ0) is 11.5. The molecule has 16 heavy (non-hydrogen) atoms. The Bertz CT molecular complexity index is 474. The Labute approximate surface area is 94.0 Å². The van der Waals surface area contributed by atoms with Crippen LogP contribution in [0.25, 0.3) is 11.3 Å². The van der Waals surface area contributed by atoms with E-state index in [9.17, 15) is 0 Å². The molecule has 4 nitrogen and oxygen atoms in total. The number of aromatic nitrogens is 1. The SMILES string of the molecule is CCOc1ccc(-c2noc(N)c2C)cc1. The van der Waals surface area contributed by atoms with E-state index in [1.165, 1.54) is 0 Å². The molecule has 1 aromatic carbocycles. The Balaban J connectivity index is 2.31. The van der Waals surface area contributed by atoms with Crippen LogP contribution in [-0.2, 0) is 0 Å². The van der Waals surface area contributed by atoms with E-state index in [0.717, 1.165) is 22.6 Å². The number of ether oxygens (including phenoxy) is 1. The van der Waals surface area contributed by atoms with Gasteiger partial charge >= 0.3 is 0 Å². The topological polar surface area (TPSA) is 61.3 Å². The highest BCUT2D eigenvalue weighted by Gasteiger charge is 2.10. The molecule has 0 aliphatic heterocycles. The normalized spacial score (nSPS) is 10.4. The van der Waals surface area contributed by atoms with Crippen LogP contribution in [0.4, 0.5) is 5.88 Å². The average molecular weight is 218 g/mol. The first-order valence-electron chi connectivity index (χ1n) is 5.17. The molecule has 2 N–H and O–H groups in total. The van der Waals surface area contributed by atoms with Crippen molar-refractivity contribution >= 4 is 5.88 Å². The standard InChI is InChI=1S/C12H14N2O2/c1-3-15-10-6-4-9(5-7-10)11-8(2)12(13)16-14-11/h4-7H,3,13H2,1-2H3. The fourth-order valence-corrected chi connectivity index (χ4v) is 1.49. The van der Waals surface area contributed by atoms with Crippen LogP contribution in [0.15, 0.2) is 28.8 Å². The summed E-state index contributed by atoms with van der Waals surface area (Å²) in [5.41, 5.74) is 8.22. The van der Waals surface area contributed by atoms with Gasteiger partial charge in [0.25, 0.3) is 0 Å². The van der Waals surface area contributed by atoms with Gasteiger partial charge in [-0.15, -0.1) is 0 Å². The third-order valence-corrected chi connectivity index (χ3v) is 2.40. The minimum absolute atomic E-state index is 0.365. The maximum atomic E-state index is 5.60. The van der Waals surface area contributed by atoms with Crippen molar-refractivity contribution in [3.8, 4) is 17.0 Å². The van der Waals surface area contributed by atoms with Crippen molar-refractivity contribution in [3.05, 3.63) is 29.8 Å². The number of hydrogen-bond donors (Lipinski definition) is 1. The molecule has 2 rings (SSSR count). The summed E-state index contributed by atoms with van der Waals surface area (Å²) >= 11 is 0. The van der Waals surface area contributed by atoms with E-state index in [1.54, 1.807) is 0 Å². The van der Waals surface area contributed by atoms with Gasteiger partial charge in [0.05, 0.1) is 6.61 Å². The molecule has 0 saturated heterocycles. The van der Waals surface area contributed by atoms with Gasteiger partial charge in [-0.05, 0) is 38.1 Å². The van der Waals surface area contributed by atoms with Crippen LogP contribution >= 0.6 is 0 Å². The maximum absolute atomic E-state index is 5.60. The number of nitrogen functional groups attached to an aromatic ring is 1. The lowest BCUT2D eigenvalue weighted by molar-refractivity contribution is 0.340. The first-order chi connectivity index (χ1) is 7.72. The molecule has 0 unspecified atom stereocenters. The fourth-order valence-electron chi connectivity index (χ4n) is 1.49. The third kappa shape index (κ3) is 1.86. The number of nitrogens with two attached hydrogens (primary N) is 1. The van der Waals surface area contributed by atoms with E-state index < -0.39 is 0 Å². The van der Waals surface area contributed by atoms with Crippen LogP contribution in [0.2, 0.25) is 0 Å². The molecule has 4 heteroatoms. The zero-order valence-electron chi connectivity index (χ0n) is 9.36. The molecule has 1 aromatic heterocycles. The summed E-state index contributed by atoms with van der Waals surface area (Å²) in [5.74, 6) is 1.21. The van der Waals surface area contributed by atoms with Gasteiger partial charge in [0.15, 0.2) is 0 Å². The summed E-state index contributed by atoms with van der Waals surface area (Å²) < 4.78 is 10.3. The van der Waals surface area contributed by atoms with Crippen LogP contribution in [-0.4, -0.2) is 11.8 Å². The van der Waals surface area contributed by atoms with E-state index in [1.807, 2.05) is 38.1 Å². The van der Waals surface area contributed by atoms with Crippen LogP contribution < -0.4 is 10.5 Å². The molecule has 0 radical (unpaired) electrons. The van der Waals surface area contributed by atoms with Gasteiger partial charge in [-0.25, -0.2) is 0 Å². The molecule has 0 bridgehead atoms. The van der Waals surface area contributed by atoms with Crippen molar-refractivity contribution in [3.63, 3.8) is 0 Å². The van der Waals surface area contributed by atoms with Crippen molar-refractivity contribution in [1.29, 1.82) is 0 Å². The average Bonchev–Trinajstić information content (AvgIpc) is 2.62. The van der Waals surface area contributed by atoms with Crippen molar-refractivity contribution in [2.45, 2.75) is 13.8 Å². The van der Waals surface area contributed by atoms with E-state index in [4.69, 9.17) is 15.0 Å². The van der Waals surface area contributed by atoms with Crippen LogP contribution in [0, 0.1) is 6.92 Å². The van der Waals surface area contributed by atoms with E-state index >= 15 is 0 Å². The summed E-state index contributed by atoms with van der Waals surface area (Å²) in [4.78, 5) is 0. The quantitative estimate of drug-likeness (QED) is 0.860. The number of hydrogen-bond acceptors (Lipinski definition) is 4. The van der Waals surface area contributed by atoms with Gasteiger partial charge in [-0.2, -0.15) is 0 Å². The van der Waals surface area contributed by atoms with E-state index in [2.05, 4.69) is 5.16 Å². The molecular weight excluding hydrogens is 204 g/mol. The van der Waals surface area contributed by atoms with Gasteiger partial charge in [0.2, 0.25) is 5.88 Å². The van der Waals surface area contributed by atoms with Crippen molar-refractivity contribution in [2.24, 2.45) is 0 Å². The molecule has 0 saturated carbocycles. The molecule has 0 aliphatic carbocycles. The molecule has 84 valence electrons. The minimum Gasteiger partial charge on any atom is -0.494 e. The Morgan fingerprint density at radius 3 is 2.50 bits per heavy atom. The molecule has 0 atom stereocenters. The molecule has 0 amide bonds. The van der Waals surface area contributed by atoms with Gasteiger partial charge in [-0.3, -0.25) is 0 Å². The van der Waals surface area contributed by atoms with Crippen LogP contribution in [0.5, 0.6) is 5.75 Å². The highest BCUT2D eigenvalue weighted by Crippen LogP contribution is 2.27. The second-order valence-electron chi connectivity index (χ2n) is 3.48. The van der Waals surface area contributed by atoms with E-state index in [0.29, 0.717) is 12.5 Å². The summed E-state index contributed by atoms with van der Waals surface area (Å²) in [7, 11) is 0. The lowest BCUT2D eigenvalue weighted by atomic mass is 10.1. The molecule has 0 aliphatic rings. The molecular formula is C12H14N2O2. The maximum Gasteiger partial charge on any atom is 0.225 e. The molecule has 2 aromatic rings. The zero-order valence-corrected chi connectivity index (χ0v) is 9.36. The lowest BCUT2D eigenvalue weighted by Gasteiger charge is -2.03. The molecule has 1 heterocycles. The molecule has 0 spiro atoms. The highest BCUT2D eigenvalue weighted by atomic mass is 16.5. The van der Waals surface area contributed by atoms with Crippen LogP contribution in [0.1, 0.15) is 12.5 Å². The largest absolute Gasteiger partial charge is 0.494 e. The Hall–Kier alpha value is -1.97. The summed E-state index contributed by atoms with van der Waals surface area (Å²) in [6, 6.07) is 7.69. The van der Waals surface area contributed by atoms with Gasteiger partial charge < -0.3 is 15.0 Å². The Kier molecular flexibility index (Phi) is 2.81. The van der Waals surface area contributed by atoms with E-state index in [-0.39, 0.29) is 0 Å². The number of rotatable bonds is 3. The summed E-state index contributed by atoms with van der Waals surface area (Å²) in [5, 5.41) is 3.92. The monoisotopic (exact) mass is 218 g/mol. The fraction of sp³-hybridized carbons (Fsp3) is 0.250. The predicted molar refractivity (Wildman–Crippen MR) is 62.3 cm³/mol. The Morgan fingerprint density at radius 2 is 2.00 bits per heavy atom. The number of benzene rings is 1. The highest BCUT2D eigenvalue weighted by molar-refractivity contribution is 5.66. The smallest absolute Gasteiger partial charge is 0.225 e. The van der Waals surface area contributed by atoms with Crippen molar-refractivity contribution in [2.75, 3.05) is 12.3 Å². The van der Waals surface area contributed by atoms with Crippen LogP contribution in [0.3, 0.4) is 0 Å².